The van der Waals surface area contributed by atoms with E-state index in [1.54, 1.807) is 0 Å². The first-order valence-corrected chi connectivity index (χ1v) is 7.91. The van der Waals surface area contributed by atoms with Gasteiger partial charge in [0.25, 0.3) is 0 Å². The first-order valence-electron chi connectivity index (χ1n) is 7.91. The number of nitrogens with zero attached hydrogens (tertiary/aromatic N) is 1. The molecular weight excluding hydrogens is 738 g/mol. The maximum atomic E-state index is 11.8. The Bertz CT molecular complexity index is 404. The molecule has 0 aromatic heterocycles. The zero-order chi connectivity index (χ0) is 16.9. The third-order valence-corrected chi connectivity index (χ3v) is 4.77. The number of hydrogen-bond donors (Lipinski definition) is 3. The Balaban J connectivity index is 0. The van der Waals surface area contributed by atoms with Crippen LogP contribution in [-0.4, -0.2) is 42.3 Å². The molecule has 0 aromatic rings. The van der Waals surface area contributed by atoms with Crippen molar-refractivity contribution in [1.82, 2.24) is 0 Å². The van der Waals surface area contributed by atoms with Crippen molar-refractivity contribution in [2.45, 2.75) is 57.7 Å². The third-order valence-electron chi connectivity index (χ3n) is 4.77. The number of aliphatic hydroxyl groups excluding tert-OH is 1. The van der Waals surface area contributed by atoms with Crippen molar-refractivity contribution in [2.24, 2.45) is 34.2 Å². The number of aliphatic imine (C=N–C) groups is 1. The molecule has 0 aromatic carbocycles. The van der Waals surface area contributed by atoms with Crippen LogP contribution in [0.1, 0.15) is 39.5 Å². The van der Waals surface area contributed by atoms with Gasteiger partial charge in [-0.3, -0.25) is 4.79 Å². The average molecular weight is 767 g/mol. The van der Waals surface area contributed by atoms with Gasteiger partial charge in [0, 0.05) is 88.1 Å². The molecule has 5 atom stereocenters. The molecule has 1 saturated carbocycles. The second kappa shape index (κ2) is 13.7. The van der Waals surface area contributed by atoms with Crippen molar-refractivity contribution in [2.75, 3.05) is 7.11 Å². The predicted molar refractivity (Wildman–Crippen MR) is 86.0 cm³/mol. The zero-order valence-corrected chi connectivity index (χ0v) is 24.3. The number of nitrogens with one attached hydrogen (secondary N) is 1. The van der Waals surface area contributed by atoms with Gasteiger partial charge in [-0.05, 0) is 18.3 Å². The number of guanidine groups is 1. The number of carbonyl (C=O) groups is 1. The van der Waals surface area contributed by atoms with E-state index in [-0.39, 0.29) is 94.1 Å². The number of methoxy groups -OCH3 is 1. The monoisotopic (exact) mass is 767 g/mol. The fraction of sp³-hybridized carbons (Fsp3) is 0.867. The van der Waals surface area contributed by atoms with Crippen molar-refractivity contribution in [3.8, 4) is 0 Å². The van der Waals surface area contributed by atoms with Crippen LogP contribution in [0.2, 0.25) is 0 Å². The number of rotatable bonds is 7. The molecule has 24 heavy (non-hydrogen) atoms. The van der Waals surface area contributed by atoms with Crippen LogP contribution in [0.15, 0.2) is 4.99 Å². The number of hydrogen-bond acceptors (Lipinski definition) is 4. The molecular formula is C15H29Ac2N4O3-. The van der Waals surface area contributed by atoms with Crippen LogP contribution >= 0.6 is 0 Å². The predicted octanol–water partition coefficient (Wildman–Crippen LogP) is 1.05. The van der Waals surface area contributed by atoms with Crippen LogP contribution in [0.25, 0.3) is 5.73 Å². The normalized spacial score (nSPS) is 26.9. The first kappa shape index (κ1) is 27.8. The number of ether oxygens (including phenoxy) is 1. The molecule has 7 nitrogen and oxygen atoms in total. The van der Waals surface area contributed by atoms with E-state index in [1.165, 1.54) is 7.11 Å². The van der Waals surface area contributed by atoms with E-state index in [0.717, 1.165) is 12.8 Å². The molecule has 1 aliphatic carbocycles. The van der Waals surface area contributed by atoms with Crippen LogP contribution in [0, 0.1) is 106 Å². The van der Waals surface area contributed by atoms with Crippen molar-refractivity contribution in [3.63, 3.8) is 0 Å². The molecule has 5 unspecified atom stereocenters. The fourth-order valence-corrected chi connectivity index (χ4v) is 3.41. The summed E-state index contributed by atoms with van der Waals surface area (Å²) in [7, 11) is 1.29. The van der Waals surface area contributed by atoms with Crippen molar-refractivity contribution >= 4 is 11.9 Å². The molecule has 0 bridgehead atoms. The summed E-state index contributed by atoms with van der Waals surface area (Å²) < 4.78 is 4.74. The summed E-state index contributed by atoms with van der Waals surface area (Å²) in [6, 6.07) is -0.927. The Morgan fingerprint density at radius 2 is 1.88 bits per heavy atom. The molecule has 9 heteroatoms. The van der Waals surface area contributed by atoms with Crippen LogP contribution in [0.4, 0.5) is 0 Å². The Hall–Kier alpha value is 1.54. The fourth-order valence-electron chi connectivity index (χ4n) is 3.41. The maximum absolute atomic E-state index is 11.8. The average Bonchev–Trinajstić information content (AvgIpc) is 2.79. The maximum Gasteiger partial charge on any atom is 0.311 e. The SMILES string of the molecule is CCC(CC)CC([NH-])C1C(N=C(N)N)CC(C(=O)OC)C1O.[Ac].[Ac]. The van der Waals surface area contributed by atoms with Gasteiger partial charge < -0.3 is 27.0 Å². The summed E-state index contributed by atoms with van der Waals surface area (Å²) in [5.74, 6) is -1.25. The molecule has 134 valence electrons. The smallest absolute Gasteiger partial charge is 0.311 e. The van der Waals surface area contributed by atoms with E-state index in [4.69, 9.17) is 21.9 Å². The van der Waals surface area contributed by atoms with Crippen molar-refractivity contribution < 1.29 is 103 Å². The molecule has 0 heterocycles. The van der Waals surface area contributed by atoms with E-state index in [2.05, 4.69) is 18.8 Å². The van der Waals surface area contributed by atoms with Crippen LogP contribution in [0.5, 0.6) is 0 Å². The number of nitrogens with two attached hydrogens (primary N) is 2. The Labute approximate surface area is 216 Å². The minimum absolute atomic E-state index is 0. The van der Waals surface area contributed by atoms with Gasteiger partial charge in [0.15, 0.2) is 5.96 Å². The minimum Gasteiger partial charge on any atom is -0.674 e. The molecule has 2 radical (unpaired) electrons. The summed E-state index contributed by atoms with van der Waals surface area (Å²) in [6.45, 7) is 4.19. The van der Waals surface area contributed by atoms with Gasteiger partial charge in [0.1, 0.15) is 0 Å². The molecule has 1 fully saturated rings. The van der Waals surface area contributed by atoms with Gasteiger partial charge in [0.2, 0.25) is 0 Å². The number of esters is 1. The minimum atomic E-state index is -0.947. The van der Waals surface area contributed by atoms with Crippen LogP contribution < -0.4 is 11.5 Å². The Morgan fingerprint density at radius 1 is 1.33 bits per heavy atom. The van der Waals surface area contributed by atoms with Crippen LogP contribution in [-0.2, 0) is 9.53 Å². The molecule has 0 spiro atoms. The molecule has 0 amide bonds. The van der Waals surface area contributed by atoms with E-state index in [0.29, 0.717) is 18.8 Å². The van der Waals surface area contributed by atoms with E-state index in [1.807, 2.05) is 0 Å². The Kier molecular flexibility index (Phi) is 15.8. The van der Waals surface area contributed by atoms with Crippen molar-refractivity contribution in [1.29, 1.82) is 0 Å². The van der Waals surface area contributed by atoms with Gasteiger partial charge in [-0.2, -0.15) is 0 Å². The summed E-state index contributed by atoms with van der Waals surface area (Å²) in [5.41, 5.74) is 19.3. The summed E-state index contributed by atoms with van der Waals surface area (Å²) in [5, 5.41) is 10.5. The Morgan fingerprint density at radius 3 is 2.29 bits per heavy atom. The standard InChI is InChI=1S/C15H29N4O3.2Ac/c1-4-8(5-2)6-10(16)12-11(19-15(17)18)7-9(13(12)20)14(21)22-3;;/h8-13,16,20H,4-7H2,1-3H3,(H4,17,18,19);;/q-1;;. The van der Waals surface area contributed by atoms with Gasteiger partial charge in [0.05, 0.1) is 25.2 Å². The summed E-state index contributed by atoms with van der Waals surface area (Å²) >= 11 is 0. The summed E-state index contributed by atoms with van der Waals surface area (Å²) in [4.78, 5) is 15.9. The molecule has 0 aliphatic heterocycles. The van der Waals surface area contributed by atoms with E-state index < -0.39 is 36.0 Å². The van der Waals surface area contributed by atoms with Crippen molar-refractivity contribution in [3.05, 3.63) is 5.73 Å². The number of carbonyl (C=O) groups excluding carboxylic acids is 1. The number of aliphatic hydroxyl groups is 1. The van der Waals surface area contributed by atoms with E-state index >= 15 is 0 Å². The van der Waals surface area contributed by atoms with Gasteiger partial charge >= 0.3 is 5.97 Å². The quantitative estimate of drug-likeness (QED) is 0.203. The molecule has 6 N–H and O–H groups in total. The molecule has 0 saturated heterocycles. The first-order chi connectivity index (χ1) is 10.3. The third kappa shape index (κ3) is 7.65. The summed E-state index contributed by atoms with van der Waals surface area (Å²) in [6.07, 6.45) is 2.01. The van der Waals surface area contributed by atoms with E-state index in [9.17, 15) is 9.90 Å². The largest absolute Gasteiger partial charge is 0.674 e. The zero-order valence-electron chi connectivity index (χ0n) is 14.8. The van der Waals surface area contributed by atoms with Crippen LogP contribution in [0.3, 0.4) is 0 Å². The second-order valence-corrected chi connectivity index (χ2v) is 6.08. The molecule has 1 rings (SSSR count). The van der Waals surface area contributed by atoms with Gasteiger partial charge in [-0.1, -0.05) is 33.1 Å². The van der Waals surface area contributed by atoms with Gasteiger partial charge in [-0.25, -0.2) is 4.99 Å². The topological polar surface area (TPSA) is 135 Å². The van der Waals surface area contributed by atoms with Gasteiger partial charge in [-0.15, -0.1) is 6.04 Å². The molecule has 1 aliphatic rings. The second-order valence-electron chi connectivity index (χ2n) is 6.08.